The normalized spacial score (nSPS) is 11.8. The molecule has 9 heteroatoms. The summed E-state index contributed by atoms with van der Waals surface area (Å²) in [5.74, 6) is -1.32. The predicted octanol–water partition coefficient (Wildman–Crippen LogP) is 5.32. The number of hydrogen-bond acceptors (Lipinski definition) is 3. The van der Waals surface area contributed by atoms with Crippen molar-refractivity contribution in [2.24, 2.45) is 0 Å². The van der Waals surface area contributed by atoms with Crippen LogP contribution in [0, 0.1) is 5.95 Å². The Kier molecular flexibility index (Phi) is 5.03. The highest BCUT2D eigenvalue weighted by atomic mass is 35.5. The van der Waals surface area contributed by atoms with Gasteiger partial charge in [-0.1, -0.05) is 41.9 Å². The van der Waals surface area contributed by atoms with Crippen LogP contribution in [0.3, 0.4) is 0 Å². The highest BCUT2D eigenvalue weighted by Gasteiger charge is 2.33. The summed E-state index contributed by atoms with van der Waals surface area (Å²) in [7, 11) is 0. The molecule has 0 N–H and O–H groups in total. The number of alkyl halides is 3. The average Bonchev–Trinajstić information content (AvgIpc) is 2.71. The second kappa shape index (κ2) is 7.53. The number of pyridine rings is 1. The molecule has 30 heavy (non-hydrogen) atoms. The topological polar surface area (TPSA) is 47.8 Å². The van der Waals surface area contributed by atoms with Gasteiger partial charge in [0.1, 0.15) is 11.4 Å². The first kappa shape index (κ1) is 20.0. The summed E-state index contributed by atoms with van der Waals surface area (Å²) < 4.78 is 54.2. The summed E-state index contributed by atoms with van der Waals surface area (Å²) in [6, 6.07) is 14.8. The highest BCUT2D eigenvalue weighted by molar-refractivity contribution is 6.30. The molecule has 0 unspecified atom stereocenters. The third kappa shape index (κ3) is 3.78. The van der Waals surface area contributed by atoms with Crippen LogP contribution in [0.1, 0.15) is 11.3 Å². The minimum Gasteiger partial charge on any atom is -0.267 e. The molecule has 0 radical (unpaired) electrons. The zero-order valence-corrected chi connectivity index (χ0v) is 15.9. The standard InChI is InChI=1S/C21H12ClF4N3O/c22-13-7-5-12(6-8-13)11-29-20(30)15-4-2-1-3-14(15)18(28-29)16-9-10-17(21(24,25)26)27-19(16)23/h1-10H,11H2. The third-order valence-corrected chi connectivity index (χ3v) is 4.76. The van der Waals surface area contributed by atoms with E-state index in [9.17, 15) is 22.4 Å². The van der Waals surface area contributed by atoms with Crippen molar-refractivity contribution in [2.75, 3.05) is 0 Å². The van der Waals surface area contributed by atoms with Crippen molar-refractivity contribution < 1.29 is 17.6 Å². The minimum absolute atomic E-state index is 0.0258. The van der Waals surface area contributed by atoms with Crippen LogP contribution in [0.15, 0.2) is 65.5 Å². The molecule has 0 fully saturated rings. The molecule has 0 atom stereocenters. The lowest BCUT2D eigenvalue weighted by Gasteiger charge is -2.13. The lowest BCUT2D eigenvalue weighted by atomic mass is 10.1. The average molecular weight is 434 g/mol. The first-order chi connectivity index (χ1) is 14.2. The van der Waals surface area contributed by atoms with Crippen molar-refractivity contribution in [1.82, 2.24) is 14.8 Å². The maximum atomic E-state index is 14.5. The quantitative estimate of drug-likeness (QED) is 0.324. The Labute approximate surface area is 172 Å². The molecule has 0 spiro atoms. The molecule has 2 aromatic carbocycles. The van der Waals surface area contributed by atoms with Gasteiger partial charge in [0.05, 0.1) is 17.5 Å². The van der Waals surface area contributed by atoms with Crippen LogP contribution in [0.5, 0.6) is 0 Å². The third-order valence-electron chi connectivity index (χ3n) is 4.51. The molecule has 0 bridgehead atoms. The van der Waals surface area contributed by atoms with Crippen LogP contribution >= 0.6 is 11.6 Å². The molecule has 0 aliphatic rings. The summed E-state index contributed by atoms with van der Waals surface area (Å²) in [6.07, 6.45) is -4.78. The van der Waals surface area contributed by atoms with Crippen molar-refractivity contribution in [2.45, 2.75) is 12.7 Å². The van der Waals surface area contributed by atoms with Crippen LogP contribution in [0.2, 0.25) is 5.02 Å². The molecule has 0 saturated carbocycles. The van der Waals surface area contributed by atoms with E-state index in [1.165, 1.54) is 0 Å². The van der Waals surface area contributed by atoms with Crippen molar-refractivity contribution >= 4 is 22.4 Å². The Balaban J connectivity index is 1.90. The minimum atomic E-state index is -4.78. The van der Waals surface area contributed by atoms with Crippen LogP contribution in [0.25, 0.3) is 22.0 Å². The SMILES string of the molecule is O=c1c2ccccc2c(-c2ccc(C(F)(F)F)nc2F)nn1Cc1ccc(Cl)cc1. The second-order valence-electron chi connectivity index (χ2n) is 6.52. The van der Waals surface area contributed by atoms with Gasteiger partial charge in [-0.25, -0.2) is 9.67 Å². The van der Waals surface area contributed by atoms with Gasteiger partial charge in [0.25, 0.3) is 5.56 Å². The lowest BCUT2D eigenvalue weighted by Crippen LogP contribution is -2.24. The molecule has 0 amide bonds. The molecular formula is C21H12ClF4N3O. The first-order valence-corrected chi connectivity index (χ1v) is 9.10. The van der Waals surface area contributed by atoms with E-state index in [0.717, 1.165) is 16.3 Å². The van der Waals surface area contributed by atoms with Gasteiger partial charge in [-0.3, -0.25) is 4.79 Å². The van der Waals surface area contributed by atoms with Gasteiger partial charge in [-0.15, -0.1) is 0 Å². The Morgan fingerprint density at radius 2 is 1.60 bits per heavy atom. The number of fused-ring (bicyclic) bond motifs is 1. The Morgan fingerprint density at radius 3 is 2.23 bits per heavy atom. The molecule has 0 aliphatic heterocycles. The summed E-state index contributed by atoms with van der Waals surface area (Å²) in [5, 5.41) is 5.35. The number of benzene rings is 2. The Bertz CT molecular complexity index is 1300. The molecule has 4 aromatic rings. The van der Waals surface area contributed by atoms with E-state index in [1.807, 2.05) is 0 Å². The van der Waals surface area contributed by atoms with Crippen molar-refractivity contribution in [3.63, 3.8) is 0 Å². The van der Waals surface area contributed by atoms with E-state index >= 15 is 0 Å². The summed E-state index contributed by atoms with van der Waals surface area (Å²) in [6.45, 7) is 0.0729. The van der Waals surface area contributed by atoms with E-state index in [2.05, 4.69) is 10.1 Å². The maximum Gasteiger partial charge on any atom is 0.433 e. The predicted molar refractivity (Wildman–Crippen MR) is 105 cm³/mol. The smallest absolute Gasteiger partial charge is 0.267 e. The van der Waals surface area contributed by atoms with Gasteiger partial charge >= 0.3 is 6.18 Å². The van der Waals surface area contributed by atoms with Crippen molar-refractivity contribution in [1.29, 1.82) is 0 Å². The van der Waals surface area contributed by atoms with Crippen molar-refractivity contribution in [3.8, 4) is 11.3 Å². The van der Waals surface area contributed by atoms with E-state index in [0.29, 0.717) is 16.5 Å². The maximum absolute atomic E-state index is 14.5. The van der Waals surface area contributed by atoms with E-state index in [1.54, 1.807) is 48.5 Å². The largest absolute Gasteiger partial charge is 0.433 e. The summed E-state index contributed by atoms with van der Waals surface area (Å²) in [4.78, 5) is 15.9. The fourth-order valence-electron chi connectivity index (χ4n) is 3.07. The highest BCUT2D eigenvalue weighted by Crippen LogP contribution is 2.31. The fourth-order valence-corrected chi connectivity index (χ4v) is 3.20. The van der Waals surface area contributed by atoms with E-state index in [-0.39, 0.29) is 23.2 Å². The number of halogens is 5. The monoisotopic (exact) mass is 433 g/mol. The van der Waals surface area contributed by atoms with Gasteiger partial charge < -0.3 is 0 Å². The van der Waals surface area contributed by atoms with Crippen LogP contribution in [-0.4, -0.2) is 14.8 Å². The van der Waals surface area contributed by atoms with Crippen molar-refractivity contribution in [3.05, 3.63) is 93.2 Å². The van der Waals surface area contributed by atoms with Gasteiger partial charge in [-0.2, -0.15) is 22.7 Å². The molecule has 0 saturated heterocycles. The number of nitrogens with zero attached hydrogens (tertiary/aromatic N) is 3. The van der Waals surface area contributed by atoms with Gasteiger partial charge in [0, 0.05) is 10.4 Å². The number of rotatable bonds is 3. The second-order valence-corrected chi connectivity index (χ2v) is 6.95. The molecular weight excluding hydrogens is 422 g/mol. The fraction of sp³-hybridized carbons (Fsp3) is 0.0952. The summed E-state index contributed by atoms with van der Waals surface area (Å²) >= 11 is 5.88. The van der Waals surface area contributed by atoms with Gasteiger partial charge in [-0.05, 0) is 35.9 Å². The van der Waals surface area contributed by atoms with Gasteiger partial charge in [0.15, 0.2) is 0 Å². The van der Waals surface area contributed by atoms with Crippen LogP contribution < -0.4 is 5.56 Å². The van der Waals surface area contributed by atoms with E-state index in [4.69, 9.17) is 11.6 Å². The lowest BCUT2D eigenvalue weighted by molar-refractivity contribution is -0.141. The molecule has 4 nitrogen and oxygen atoms in total. The Morgan fingerprint density at radius 1 is 0.933 bits per heavy atom. The molecule has 152 valence electrons. The molecule has 2 aromatic heterocycles. The Hall–Kier alpha value is -3.26. The molecule has 2 heterocycles. The van der Waals surface area contributed by atoms with Crippen LogP contribution in [0.4, 0.5) is 17.6 Å². The molecule has 0 aliphatic carbocycles. The first-order valence-electron chi connectivity index (χ1n) is 8.72. The van der Waals surface area contributed by atoms with Gasteiger partial charge in [0.2, 0.25) is 5.95 Å². The number of hydrogen-bond donors (Lipinski definition) is 0. The van der Waals surface area contributed by atoms with Crippen LogP contribution in [-0.2, 0) is 12.7 Å². The van der Waals surface area contributed by atoms with E-state index < -0.39 is 23.4 Å². The molecule has 4 rings (SSSR count). The summed E-state index contributed by atoms with van der Waals surface area (Å²) in [5.41, 5.74) is -1.24. The zero-order valence-electron chi connectivity index (χ0n) is 15.1. The zero-order chi connectivity index (χ0) is 21.5. The number of aromatic nitrogens is 3.